The zero-order valence-corrected chi connectivity index (χ0v) is 13.3. The average molecular weight is 333 g/mol. The number of amides is 3. The predicted molar refractivity (Wildman–Crippen MR) is 93.0 cm³/mol. The molecule has 0 aliphatic carbocycles. The van der Waals surface area contributed by atoms with E-state index in [2.05, 4.69) is 16.0 Å². The molecular weight excluding hydrogens is 316 g/mol. The van der Waals surface area contributed by atoms with Crippen LogP contribution in [0.3, 0.4) is 0 Å². The van der Waals surface area contributed by atoms with E-state index in [9.17, 15) is 9.59 Å². The van der Waals surface area contributed by atoms with Gasteiger partial charge in [0.15, 0.2) is 0 Å². The van der Waals surface area contributed by atoms with E-state index >= 15 is 0 Å². The molecule has 0 saturated carbocycles. The Hall–Kier alpha value is -2.57. The molecule has 2 aromatic rings. The van der Waals surface area contributed by atoms with Gasteiger partial charge in [-0.2, -0.15) is 0 Å². The maximum absolute atomic E-state index is 12.1. The van der Waals surface area contributed by atoms with Crippen LogP contribution in [0.4, 0.5) is 21.9 Å². The van der Waals surface area contributed by atoms with Crippen molar-refractivity contribution in [3.05, 3.63) is 53.1 Å². The maximum atomic E-state index is 12.1. The molecule has 0 fully saturated rings. The molecule has 0 unspecified atom stereocenters. The Morgan fingerprint density at radius 3 is 2.52 bits per heavy atom. The summed E-state index contributed by atoms with van der Waals surface area (Å²) in [6, 6.07) is 11.6. The summed E-state index contributed by atoms with van der Waals surface area (Å²) in [7, 11) is 0. The summed E-state index contributed by atoms with van der Waals surface area (Å²) in [6.07, 6.45) is 0. The zero-order valence-electron chi connectivity index (χ0n) is 12.5. The monoisotopic (exact) mass is 332 g/mol. The van der Waals surface area contributed by atoms with E-state index in [4.69, 9.17) is 17.3 Å². The topological polar surface area (TPSA) is 96.2 Å². The number of nitrogens with one attached hydrogen (secondary N) is 3. The van der Waals surface area contributed by atoms with E-state index in [-0.39, 0.29) is 12.5 Å². The Morgan fingerprint density at radius 2 is 1.83 bits per heavy atom. The summed E-state index contributed by atoms with van der Waals surface area (Å²) in [5, 5.41) is 8.53. The number of urea groups is 1. The molecule has 6 nitrogen and oxygen atoms in total. The number of halogens is 1. The van der Waals surface area contributed by atoms with Gasteiger partial charge in [-0.1, -0.05) is 23.7 Å². The molecule has 0 saturated heterocycles. The van der Waals surface area contributed by atoms with E-state index in [0.717, 1.165) is 5.56 Å². The fraction of sp³-hybridized carbons (Fsp3) is 0.125. The molecule has 0 atom stereocenters. The largest absolute Gasteiger partial charge is 0.323 e. The number of carbonyl (C=O) groups excluding carboxylic acids is 2. The minimum atomic E-state index is -0.445. The summed E-state index contributed by atoms with van der Waals surface area (Å²) in [5.41, 5.74) is 7.77. The van der Waals surface area contributed by atoms with E-state index in [1.165, 1.54) is 0 Å². The van der Waals surface area contributed by atoms with Crippen LogP contribution in [-0.4, -0.2) is 18.5 Å². The third kappa shape index (κ3) is 4.98. The highest BCUT2D eigenvalue weighted by Gasteiger charge is 2.10. The summed E-state index contributed by atoms with van der Waals surface area (Å²) in [6.45, 7) is 1.75. The molecule has 0 aliphatic heterocycles. The summed E-state index contributed by atoms with van der Waals surface area (Å²) in [4.78, 5) is 23.6. The van der Waals surface area contributed by atoms with Crippen molar-refractivity contribution in [3.63, 3.8) is 0 Å². The highest BCUT2D eigenvalue weighted by Crippen LogP contribution is 2.23. The first-order valence-corrected chi connectivity index (χ1v) is 7.30. The van der Waals surface area contributed by atoms with Crippen molar-refractivity contribution < 1.29 is 9.59 Å². The van der Waals surface area contributed by atoms with Gasteiger partial charge in [0, 0.05) is 10.7 Å². The second-order valence-corrected chi connectivity index (χ2v) is 5.33. The summed E-state index contributed by atoms with van der Waals surface area (Å²) >= 11 is 5.87. The normalized spacial score (nSPS) is 10.0. The van der Waals surface area contributed by atoms with Crippen molar-refractivity contribution in [2.24, 2.45) is 5.73 Å². The first-order chi connectivity index (χ1) is 11.0. The molecule has 3 amide bonds. The first-order valence-electron chi connectivity index (χ1n) is 6.92. The lowest BCUT2D eigenvalue weighted by Crippen LogP contribution is -2.24. The number of rotatable bonds is 4. The van der Waals surface area contributed by atoms with E-state index in [1.54, 1.807) is 36.4 Å². The molecule has 0 bridgehead atoms. The first kappa shape index (κ1) is 16.8. The number of hydrogen-bond donors (Lipinski definition) is 4. The SMILES string of the molecule is Cc1ccc(NC(=O)Nc2cccc(Cl)c2)c(NC(=O)CN)c1. The Kier molecular flexibility index (Phi) is 5.56. The van der Waals surface area contributed by atoms with Gasteiger partial charge >= 0.3 is 6.03 Å². The van der Waals surface area contributed by atoms with Gasteiger partial charge in [-0.3, -0.25) is 4.79 Å². The highest BCUT2D eigenvalue weighted by molar-refractivity contribution is 6.30. The molecule has 2 rings (SSSR count). The van der Waals surface area contributed by atoms with Gasteiger partial charge in [-0.15, -0.1) is 0 Å². The molecule has 5 N–H and O–H groups in total. The van der Waals surface area contributed by atoms with Crippen LogP contribution in [0.1, 0.15) is 5.56 Å². The highest BCUT2D eigenvalue weighted by atomic mass is 35.5. The molecule has 0 heterocycles. The third-order valence-corrected chi connectivity index (χ3v) is 3.20. The standard InChI is InChI=1S/C16H17ClN4O2/c1-10-5-6-13(14(7-10)20-15(22)9-18)21-16(23)19-12-4-2-3-11(17)8-12/h2-8H,9,18H2,1H3,(H,20,22)(H2,19,21,23). The number of aryl methyl sites for hydroxylation is 1. The average Bonchev–Trinajstić information content (AvgIpc) is 2.50. The second-order valence-electron chi connectivity index (χ2n) is 4.89. The maximum Gasteiger partial charge on any atom is 0.323 e. The molecular formula is C16H17ClN4O2. The van der Waals surface area contributed by atoms with E-state index < -0.39 is 6.03 Å². The van der Waals surface area contributed by atoms with Crippen molar-refractivity contribution in [2.75, 3.05) is 22.5 Å². The lowest BCUT2D eigenvalue weighted by molar-refractivity contribution is -0.114. The lowest BCUT2D eigenvalue weighted by Gasteiger charge is -2.13. The number of benzene rings is 2. The Morgan fingerprint density at radius 1 is 1.04 bits per heavy atom. The van der Waals surface area contributed by atoms with E-state index in [1.807, 2.05) is 13.0 Å². The fourth-order valence-electron chi connectivity index (χ4n) is 1.92. The van der Waals surface area contributed by atoms with Gasteiger partial charge in [0.1, 0.15) is 0 Å². The van der Waals surface area contributed by atoms with Crippen LogP contribution in [0, 0.1) is 6.92 Å². The van der Waals surface area contributed by atoms with Gasteiger partial charge < -0.3 is 21.7 Å². The van der Waals surface area contributed by atoms with Crippen molar-refractivity contribution >= 4 is 40.6 Å². The Bertz CT molecular complexity index is 734. The molecule has 0 radical (unpaired) electrons. The van der Waals surface area contributed by atoms with Crippen LogP contribution in [0.5, 0.6) is 0 Å². The minimum absolute atomic E-state index is 0.137. The summed E-state index contributed by atoms with van der Waals surface area (Å²) < 4.78 is 0. The Balaban J connectivity index is 2.12. The van der Waals surface area contributed by atoms with Crippen LogP contribution in [0.2, 0.25) is 5.02 Å². The van der Waals surface area contributed by atoms with Crippen molar-refractivity contribution in [1.82, 2.24) is 0 Å². The zero-order chi connectivity index (χ0) is 16.8. The molecule has 120 valence electrons. The quantitative estimate of drug-likeness (QED) is 0.692. The number of hydrogen-bond acceptors (Lipinski definition) is 3. The summed E-state index contributed by atoms with van der Waals surface area (Å²) in [5.74, 6) is -0.339. The molecule has 0 aromatic heterocycles. The minimum Gasteiger partial charge on any atom is -0.323 e. The second kappa shape index (κ2) is 7.62. The van der Waals surface area contributed by atoms with Crippen molar-refractivity contribution in [1.29, 1.82) is 0 Å². The Labute approximate surface area is 139 Å². The molecule has 0 spiro atoms. The number of carbonyl (C=O) groups is 2. The third-order valence-electron chi connectivity index (χ3n) is 2.97. The smallest absolute Gasteiger partial charge is 0.323 e. The van der Waals surface area contributed by atoms with E-state index in [0.29, 0.717) is 22.1 Å². The predicted octanol–water partition coefficient (Wildman–Crippen LogP) is 3.19. The lowest BCUT2D eigenvalue weighted by atomic mass is 10.2. The van der Waals surface area contributed by atoms with Crippen LogP contribution in [0.15, 0.2) is 42.5 Å². The van der Waals surface area contributed by atoms with Crippen LogP contribution in [0.25, 0.3) is 0 Å². The fourth-order valence-corrected chi connectivity index (χ4v) is 2.11. The molecule has 0 aliphatic rings. The van der Waals surface area contributed by atoms with Crippen LogP contribution < -0.4 is 21.7 Å². The van der Waals surface area contributed by atoms with Gasteiger partial charge in [-0.05, 0) is 42.8 Å². The van der Waals surface area contributed by atoms with Crippen LogP contribution in [-0.2, 0) is 4.79 Å². The van der Waals surface area contributed by atoms with Gasteiger partial charge in [-0.25, -0.2) is 4.79 Å². The van der Waals surface area contributed by atoms with Gasteiger partial charge in [0.25, 0.3) is 0 Å². The number of nitrogens with two attached hydrogens (primary N) is 1. The molecule has 2 aromatic carbocycles. The number of anilines is 3. The van der Waals surface area contributed by atoms with Crippen LogP contribution >= 0.6 is 11.6 Å². The van der Waals surface area contributed by atoms with Crippen molar-refractivity contribution in [2.45, 2.75) is 6.92 Å². The van der Waals surface area contributed by atoms with Gasteiger partial charge in [0.05, 0.1) is 17.9 Å². The molecule has 7 heteroatoms. The molecule has 23 heavy (non-hydrogen) atoms. The van der Waals surface area contributed by atoms with Crippen molar-refractivity contribution in [3.8, 4) is 0 Å². The van der Waals surface area contributed by atoms with Gasteiger partial charge in [0.2, 0.25) is 5.91 Å².